The first-order valence-electron chi connectivity index (χ1n) is 6.53. The monoisotopic (exact) mass is 318 g/mol. The van der Waals surface area contributed by atoms with Crippen molar-refractivity contribution in [3.63, 3.8) is 0 Å². The van der Waals surface area contributed by atoms with Crippen LogP contribution >= 0.6 is 11.8 Å². The molecular weight excluding hydrogens is 299 g/mol. The Morgan fingerprint density at radius 1 is 1.35 bits per heavy atom. The van der Waals surface area contributed by atoms with Gasteiger partial charge in [0.15, 0.2) is 0 Å². The van der Waals surface area contributed by atoms with Crippen molar-refractivity contribution in [1.29, 1.82) is 0 Å². The van der Waals surface area contributed by atoms with Crippen LogP contribution < -0.4 is 10.5 Å². The van der Waals surface area contributed by atoms with E-state index in [4.69, 9.17) is 5.14 Å². The first-order chi connectivity index (χ1) is 9.41. The molecular formula is C13H19FN2O2S2. The lowest BCUT2D eigenvalue weighted by Crippen LogP contribution is -2.34. The molecule has 20 heavy (non-hydrogen) atoms. The summed E-state index contributed by atoms with van der Waals surface area (Å²) in [6, 6.07) is 3.96. The summed E-state index contributed by atoms with van der Waals surface area (Å²) < 4.78 is 36.3. The maximum absolute atomic E-state index is 14.0. The number of anilines is 1. The SMILES string of the molecule is CSC1CCCCC1Nc1ccc(S(N)(=O)=O)cc1F. The standard InChI is InChI=1S/C13H19FN2O2S2/c1-19-13-5-3-2-4-12(13)16-11-7-6-9(8-10(11)14)20(15,17)18/h6-8,12-13,16H,2-5H2,1H3,(H2,15,17,18). The number of hydrogen-bond acceptors (Lipinski definition) is 4. The van der Waals surface area contributed by atoms with E-state index in [0.717, 1.165) is 25.3 Å². The van der Waals surface area contributed by atoms with Crippen molar-refractivity contribution in [2.24, 2.45) is 5.14 Å². The van der Waals surface area contributed by atoms with E-state index < -0.39 is 15.8 Å². The minimum Gasteiger partial charge on any atom is -0.379 e. The van der Waals surface area contributed by atoms with Gasteiger partial charge in [0.1, 0.15) is 5.82 Å². The summed E-state index contributed by atoms with van der Waals surface area (Å²) in [5, 5.41) is 8.64. The van der Waals surface area contributed by atoms with Crippen LogP contribution in [0.5, 0.6) is 0 Å². The first kappa shape index (κ1) is 15.6. The zero-order valence-corrected chi connectivity index (χ0v) is 12.9. The predicted molar refractivity (Wildman–Crippen MR) is 81.0 cm³/mol. The summed E-state index contributed by atoms with van der Waals surface area (Å²) in [5.41, 5.74) is 0.336. The second-order valence-electron chi connectivity index (χ2n) is 5.00. The number of rotatable bonds is 4. The number of nitrogens with one attached hydrogen (secondary N) is 1. The van der Waals surface area contributed by atoms with Crippen LogP contribution in [0, 0.1) is 5.82 Å². The van der Waals surface area contributed by atoms with Gasteiger partial charge in [-0.2, -0.15) is 11.8 Å². The van der Waals surface area contributed by atoms with Crippen LogP contribution in [0.1, 0.15) is 25.7 Å². The van der Waals surface area contributed by atoms with Crippen LogP contribution in [0.25, 0.3) is 0 Å². The van der Waals surface area contributed by atoms with Gasteiger partial charge in [0.25, 0.3) is 0 Å². The number of benzene rings is 1. The highest BCUT2D eigenvalue weighted by molar-refractivity contribution is 7.99. The molecule has 0 saturated heterocycles. The van der Waals surface area contributed by atoms with Crippen molar-refractivity contribution < 1.29 is 12.8 Å². The molecule has 4 nitrogen and oxygen atoms in total. The largest absolute Gasteiger partial charge is 0.379 e. The Morgan fingerprint density at radius 3 is 2.65 bits per heavy atom. The average molecular weight is 318 g/mol. The van der Waals surface area contributed by atoms with E-state index >= 15 is 0 Å². The quantitative estimate of drug-likeness (QED) is 0.895. The highest BCUT2D eigenvalue weighted by Gasteiger charge is 2.25. The third-order valence-corrected chi connectivity index (χ3v) is 5.70. The molecule has 0 spiro atoms. The minimum atomic E-state index is -3.86. The Labute approximate surface area is 123 Å². The van der Waals surface area contributed by atoms with E-state index in [0.29, 0.717) is 10.9 Å². The Kier molecular flexibility index (Phi) is 4.93. The molecule has 1 fully saturated rings. The average Bonchev–Trinajstić information content (AvgIpc) is 2.40. The molecule has 0 radical (unpaired) electrons. The Bertz CT molecular complexity index is 578. The molecule has 0 aromatic heterocycles. The zero-order chi connectivity index (χ0) is 14.8. The molecule has 7 heteroatoms. The molecule has 0 aliphatic heterocycles. The van der Waals surface area contributed by atoms with Crippen LogP contribution in [0.2, 0.25) is 0 Å². The van der Waals surface area contributed by atoms with E-state index in [2.05, 4.69) is 11.6 Å². The van der Waals surface area contributed by atoms with Gasteiger partial charge in [-0.15, -0.1) is 0 Å². The Morgan fingerprint density at radius 2 is 2.05 bits per heavy atom. The maximum atomic E-state index is 14.0. The molecule has 2 rings (SSSR count). The van der Waals surface area contributed by atoms with Crippen molar-refractivity contribution >= 4 is 27.5 Å². The fourth-order valence-electron chi connectivity index (χ4n) is 2.53. The lowest BCUT2D eigenvalue weighted by molar-refractivity contribution is 0.472. The third kappa shape index (κ3) is 3.65. The van der Waals surface area contributed by atoms with Gasteiger partial charge in [-0.3, -0.25) is 0 Å². The maximum Gasteiger partial charge on any atom is 0.238 e. The zero-order valence-electron chi connectivity index (χ0n) is 11.3. The lowest BCUT2D eigenvalue weighted by atomic mass is 9.94. The topological polar surface area (TPSA) is 72.2 Å². The number of halogens is 1. The van der Waals surface area contributed by atoms with Crippen molar-refractivity contribution in [3.8, 4) is 0 Å². The summed E-state index contributed by atoms with van der Waals surface area (Å²) in [4.78, 5) is -0.203. The van der Waals surface area contributed by atoms with Gasteiger partial charge in [0.05, 0.1) is 10.6 Å². The molecule has 0 bridgehead atoms. The lowest BCUT2D eigenvalue weighted by Gasteiger charge is -2.31. The molecule has 3 N–H and O–H groups in total. The fraction of sp³-hybridized carbons (Fsp3) is 0.538. The van der Waals surface area contributed by atoms with Crippen LogP contribution in [0.4, 0.5) is 10.1 Å². The van der Waals surface area contributed by atoms with E-state index in [1.807, 2.05) is 0 Å². The summed E-state index contributed by atoms with van der Waals surface area (Å²) in [5.74, 6) is -0.582. The highest BCUT2D eigenvalue weighted by atomic mass is 32.2. The van der Waals surface area contributed by atoms with Crippen molar-refractivity contribution in [1.82, 2.24) is 0 Å². The molecule has 2 unspecified atom stereocenters. The second-order valence-corrected chi connectivity index (χ2v) is 7.63. The third-order valence-electron chi connectivity index (χ3n) is 3.62. The number of primary sulfonamides is 1. The van der Waals surface area contributed by atoms with Crippen molar-refractivity contribution in [3.05, 3.63) is 24.0 Å². The van der Waals surface area contributed by atoms with E-state index in [1.54, 1.807) is 11.8 Å². The summed E-state index contributed by atoms with van der Waals surface area (Å²) in [7, 11) is -3.86. The first-order valence-corrected chi connectivity index (χ1v) is 9.37. The van der Waals surface area contributed by atoms with Crippen LogP contribution in [-0.2, 0) is 10.0 Å². The smallest absolute Gasteiger partial charge is 0.238 e. The second kappa shape index (κ2) is 6.32. The van der Waals surface area contributed by atoms with E-state index in [-0.39, 0.29) is 10.9 Å². The van der Waals surface area contributed by atoms with Gasteiger partial charge in [-0.25, -0.2) is 17.9 Å². The molecule has 1 aliphatic rings. The van der Waals surface area contributed by atoms with Gasteiger partial charge in [0.2, 0.25) is 10.0 Å². The summed E-state index contributed by atoms with van der Waals surface area (Å²) in [6.07, 6.45) is 6.52. The normalized spacial score (nSPS) is 23.6. The number of sulfonamides is 1. The fourth-order valence-corrected chi connectivity index (χ4v) is 3.99. The predicted octanol–water partition coefficient (Wildman–Crippen LogP) is 2.56. The van der Waals surface area contributed by atoms with E-state index in [1.165, 1.54) is 18.6 Å². The van der Waals surface area contributed by atoms with Gasteiger partial charge in [0, 0.05) is 11.3 Å². The summed E-state index contributed by atoms with van der Waals surface area (Å²) in [6.45, 7) is 0. The number of hydrogen-bond donors (Lipinski definition) is 2. The van der Waals surface area contributed by atoms with Crippen molar-refractivity contribution in [2.45, 2.75) is 41.9 Å². The molecule has 2 atom stereocenters. The van der Waals surface area contributed by atoms with Crippen LogP contribution in [0.3, 0.4) is 0 Å². The highest BCUT2D eigenvalue weighted by Crippen LogP contribution is 2.30. The Balaban J connectivity index is 2.17. The molecule has 1 aromatic rings. The molecule has 1 saturated carbocycles. The molecule has 1 aromatic carbocycles. The molecule has 0 amide bonds. The van der Waals surface area contributed by atoms with Crippen molar-refractivity contribution in [2.75, 3.05) is 11.6 Å². The minimum absolute atomic E-state index is 0.203. The Hall–Kier alpha value is -0.790. The number of nitrogens with two attached hydrogens (primary N) is 1. The summed E-state index contributed by atoms with van der Waals surface area (Å²) >= 11 is 1.79. The molecule has 1 aliphatic carbocycles. The molecule has 112 valence electrons. The van der Waals surface area contributed by atoms with Crippen LogP contribution in [0.15, 0.2) is 23.1 Å². The number of thioether (sulfide) groups is 1. The molecule has 0 heterocycles. The van der Waals surface area contributed by atoms with Gasteiger partial charge < -0.3 is 5.32 Å². The van der Waals surface area contributed by atoms with Crippen LogP contribution in [-0.4, -0.2) is 26.0 Å². The van der Waals surface area contributed by atoms with Gasteiger partial charge >= 0.3 is 0 Å². The van der Waals surface area contributed by atoms with E-state index in [9.17, 15) is 12.8 Å². The van der Waals surface area contributed by atoms with Gasteiger partial charge in [-0.1, -0.05) is 12.8 Å². The van der Waals surface area contributed by atoms with Gasteiger partial charge in [-0.05, 0) is 37.3 Å².